The number of hydrogen-bond donors (Lipinski definition) is 1. The van der Waals surface area contributed by atoms with Crippen molar-refractivity contribution in [2.45, 2.75) is 77.8 Å². The average molecular weight is 712 g/mol. The fraction of sp³-hybridized carbons (Fsp3) is 0.548. The number of aromatic nitrogens is 4. The topological polar surface area (TPSA) is 87.4 Å². The monoisotopic (exact) mass is 710 g/mol. The van der Waals surface area contributed by atoms with Crippen LogP contribution in [0.5, 0.6) is 0 Å². The van der Waals surface area contributed by atoms with Gasteiger partial charge in [-0.05, 0) is 103 Å². The smallest absolute Gasteiger partial charge is 0.416 e. The highest BCUT2D eigenvalue weighted by Gasteiger charge is 2.37. The van der Waals surface area contributed by atoms with E-state index in [0.29, 0.717) is 48.1 Å². The van der Waals surface area contributed by atoms with Gasteiger partial charge in [0.25, 0.3) is 5.95 Å². The molecule has 260 valence electrons. The van der Waals surface area contributed by atoms with Gasteiger partial charge in [-0.3, -0.25) is 4.79 Å². The van der Waals surface area contributed by atoms with Crippen molar-refractivity contribution >= 4 is 41.6 Å². The first-order valence-electron chi connectivity index (χ1n) is 15.1. The minimum Gasteiger partial charge on any atom is -0.481 e. The van der Waals surface area contributed by atoms with Gasteiger partial charge in [-0.1, -0.05) is 23.6 Å². The highest BCUT2D eigenvalue weighted by atomic mass is 35.5. The number of aryl methyl sites for hydroxylation is 2. The van der Waals surface area contributed by atoms with Gasteiger partial charge in [0.05, 0.1) is 18.2 Å². The van der Waals surface area contributed by atoms with E-state index in [9.17, 15) is 36.2 Å². The first kappa shape index (κ1) is 38.2. The summed E-state index contributed by atoms with van der Waals surface area (Å²) in [6, 6.07) is 5.26. The van der Waals surface area contributed by atoms with Gasteiger partial charge in [0.15, 0.2) is 0 Å². The second kappa shape index (κ2) is 15.8. The summed E-state index contributed by atoms with van der Waals surface area (Å²) in [5, 5.41) is 21.7. The number of tetrazole rings is 1. The Kier molecular flexibility index (Phi) is 12.8. The second-order valence-electron chi connectivity index (χ2n) is 11.8. The summed E-state index contributed by atoms with van der Waals surface area (Å²) in [6.07, 6.45) is -5.77. The van der Waals surface area contributed by atoms with Crippen molar-refractivity contribution in [2.24, 2.45) is 18.9 Å². The largest absolute Gasteiger partial charge is 0.481 e. The van der Waals surface area contributed by atoms with Crippen molar-refractivity contribution < 1.29 is 36.2 Å². The molecular weight excluding hydrogens is 673 g/mol. The molecule has 1 fully saturated rings. The van der Waals surface area contributed by atoms with Gasteiger partial charge < -0.3 is 14.9 Å². The molecule has 1 aliphatic rings. The molecule has 1 saturated carbocycles. The van der Waals surface area contributed by atoms with E-state index >= 15 is 0 Å². The van der Waals surface area contributed by atoms with Gasteiger partial charge in [0, 0.05) is 43.3 Å². The number of carbonyl (C=O) groups is 1. The lowest BCUT2D eigenvalue weighted by molar-refractivity contribution is -0.143. The van der Waals surface area contributed by atoms with E-state index in [1.54, 1.807) is 6.07 Å². The van der Waals surface area contributed by atoms with Gasteiger partial charge in [0.2, 0.25) is 0 Å². The highest BCUT2D eigenvalue weighted by Crippen LogP contribution is 2.38. The number of anilines is 2. The van der Waals surface area contributed by atoms with E-state index in [1.165, 1.54) is 11.9 Å². The molecule has 3 aromatic rings. The van der Waals surface area contributed by atoms with E-state index in [1.807, 2.05) is 19.9 Å². The molecule has 1 N–H and O–H groups in total. The summed E-state index contributed by atoms with van der Waals surface area (Å²) in [7, 11) is 1.50. The summed E-state index contributed by atoms with van der Waals surface area (Å²) in [5.74, 6) is -0.293. The van der Waals surface area contributed by atoms with Crippen LogP contribution in [0.4, 0.5) is 38.0 Å². The first-order valence-corrected chi connectivity index (χ1v) is 15.5. The second-order valence-corrected chi connectivity index (χ2v) is 12.2. The lowest BCUT2D eigenvalue weighted by atomic mass is 9.80. The lowest BCUT2D eigenvalue weighted by Crippen LogP contribution is -2.33. The zero-order valence-corrected chi connectivity index (χ0v) is 27.8. The summed E-state index contributed by atoms with van der Waals surface area (Å²) in [4.78, 5) is 16.0. The maximum atomic E-state index is 13.6. The minimum absolute atomic E-state index is 0. The summed E-state index contributed by atoms with van der Waals surface area (Å²) < 4.78 is 81.9. The molecule has 0 aliphatic heterocycles. The molecule has 0 radical (unpaired) electrons. The molecule has 0 bridgehead atoms. The van der Waals surface area contributed by atoms with E-state index in [2.05, 4.69) is 20.3 Å². The third-order valence-corrected chi connectivity index (χ3v) is 8.77. The predicted octanol–water partition coefficient (Wildman–Crippen LogP) is 8.20. The highest BCUT2D eigenvalue weighted by molar-refractivity contribution is 6.31. The van der Waals surface area contributed by atoms with Crippen LogP contribution in [-0.4, -0.2) is 44.4 Å². The maximum absolute atomic E-state index is 13.6. The fourth-order valence-electron chi connectivity index (χ4n) is 6.05. The van der Waals surface area contributed by atoms with E-state index in [0.717, 1.165) is 41.7 Å². The standard InChI is InChI=1S/C31H37ClF6N6O2.ClH/c1-4-22-14-27(43(5-2)16-20-8-6-19(7-9-20)12-28(45)46)23(13-26(22)32)18-44(29-39-41-42(3)40-29)17-21-10-24(30(33,34)35)15-25(11-21)31(36,37)38;/h10-11,13-15,19-20H,4-9,12,16-18H2,1-3H3,(H,45,46);1H/t19-,20-;. The van der Waals surface area contributed by atoms with Crippen LogP contribution in [0.15, 0.2) is 30.3 Å². The molecule has 4 rings (SSSR count). The molecule has 0 unspecified atom stereocenters. The Balaban J connectivity index is 0.00000600. The lowest BCUT2D eigenvalue weighted by Gasteiger charge is -2.35. The van der Waals surface area contributed by atoms with E-state index in [-0.39, 0.29) is 55.4 Å². The maximum Gasteiger partial charge on any atom is 0.416 e. The van der Waals surface area contributed by atoms with Crippen LogP contribution in [0.1, 0.15) is 73.8 Å². The normalized spacial score (nSPS) is 16.9. The summed E-state index contributed by atoms with van der Waals surface area (Å²) in [6.45, 7) is 4.93. The van der Waals surface area contributed by atoms with Gasteiger partial charge >= 0.3 is 18.3 Å². The number of benzene rings is 2. The van der Waals surface area contributed by atoms with Crippen LogP contribution < -0.4 is 9.80 Å². The van der Waals surface area contributed by atoms with Crippen molar-refractivity contribution in [3.8, 4) is 0 Å². The molecule has 8 nitrogen and oxygen atoms in total. The Bertz CT molecular complexity index is 1480. The molecule has 47 heavy (non-hydrogen) atoms. The average Bonchev–Trinajstić information content (AvgIpc) is 3.41. The van der Waals surface area contributed by atoms with Crippen molar-refractivity contribution in [2.75, 3.05) is 22.9 Å². The quantitative estimate of drug-likeness (QED) is 0.190. The molecule has 1 heterocycles. The Morgan fingerprint density at radius 1 is 0.915 bits per heavy atom. The number of hydrogen-bond acceptors (Lipinski definition) is 6. The predicted molar refractivity (Wildman–Crippen MR) is 169 cm³/mol. The molecule has 16 heteroatoms. The van der Waals surface area contributed by atoms with Crippen LogP contribution in [-0.2, 0) is 43.7 Å². The van der Waals surface area contributed by atoms with E-state index < -0.39 is 29.4 Å². The number of alkyl halides is 6. The number of rotatable bonds is 12. The van der Waals surface area contributed by atoms with E-state index in [4.69, 9.17) is 11.6 Å². The third kappa shape index (κ3) is 10.1. The van der Waals surface area contributed by atoms with Crippen LogP contribution in [0.3, 0.4) is 0 Å². The van der Waals surface area contributed by atoms with Gasteiger partial charge in [-0.25, -0.2) is 0 Å². The number of nitrogens with zero attached hydrogens (tertiary/aromatic N) is 6. The fourth-order valence-corrected chi connectivity index (χ4v) is 6.37. The molecule has 0 spiro atoms. The summed E-state index contributed by atoms with van der Waals surface area (Å²) >= 11 is 6.65. The zero-order chi connectivity index (χ0) is 33.8. The number of carboxylic acids is 1. The van der Waals surface area contributed by atoms with Crippen molar-refractivity contribution in [1.29, 1.82) is 0 Å². The Labute approximate surface area is 280 Å². The molecule has 1 aromatic heterocycles. The first-order chi connectivity index (χ1) is 21.6. The van der Waals surface area contributed by atoms with Crippen LogP contribution in [0.25, 0.3) is 0 Å². The number of carboxylic acid groups (broad SMARTS) is 1. The van der Waals surface area contributed by atoms with Gasteiger partial charge in [-0.15, -0.1) is 17.5 Å². The van der Waals surface area contributed by atoms with Crippen LogP contribution in [0, 0.1) is 11.8 Å². The Morgan fingerprint density at radius 3 is 2.00 bits per heavy atom. The molecule has 0 atom stereocenters. The van der Waals surface area contributed by atoms with Crippen LogP contribution in [0.2, 0.25) is 5.02 Å². The van der Waals surface area contributed by atoms with Crippen LogP contribution >= 0.6 is 24.0 Å². The SMILES string of the molecule is CCc1cc(N(CC)C[C@H]2CC[C@H](CC(=O)O)CC2)c(CN(Cc2cc(C(F)(F)F)cc(C(F)(F)F)c2)c2nnn(C)n2)cc1Cl.Cl. The zero-order valence-electron chi connectivity index (χ0n) is 26.2. The Hall–Kier alpha value is -3.26. The number of aliphatic carboxylic acids is 1. The Morgan fingerprint density at radius 2 is 1.51 bits per heavy atom. The molecule has 0 amide bonds. The molecule has 2 aromatic carbocycles. The van der Waals surface area contributed by atoms with Crippen molar-refractivity contribution in [3.05, 3.63) is 63.2 Å². The third-order valence-electron chi connectivity index (χ3n) is 8.42. The molecular formula is C31H38Cl2F6N6O2. The van der Waals surface area contributed by atoms with Crippen molar-refractivity contribution in [1.82, 2.24) is 20.2 Å². The summed E-state index contributed by atoms with van der Waals surface area (Å²) in [5.41, 5.74) is -0.616. The van der Waals surface area contributed by atoms with Crippen molar-refractivity contribution in [3.63, 3.8) is 0 Å². The van der Waals surface area contributed by atoms with Gasteiger partial charge in [0.1, 0.15) is 0 Å². The minimum atomic E-state index is -4.99. The molecule has 1 aliphatic carbocycles. The molecule has 0 saturated heterocycles. The number of halogens is 8. The van der Waals surface area contributed by atoms with Gasteiger partial charge in [-0.2, -0.15) is 31.1 Å².